The van der Waals surface area contributed by atoms with Crippen LogP contribution in [0.4, 0.5) is 0 Å². The van der Waals surface area contributed by atoms with Crippen LogP contribution < -0.4 is 36.9 Å². The molecule has 0 fully saturated rings. The number of carbonyl (C=O) groups excluding carboxylic acids is 5. The van der Waals surface area contributed by atoms with Crippen LogP contribution in [0.25, 0.3) is 0 Å². The van der Waals surface area contributed by atoms with E-state index >= 15 is 0 Å². The minimum Gasteiger partial charge on any atom is -0.487 e. The van der Waals surface area contributed by atoms with Gasteiger partial charge < -0.3 is 46.9 Å². The van der Waals surface area contributed by atoms with Crippen LogP contribution in [0.15, 0.2) is 70.6 Å². The smallest absolute Gasteiger partial charge is 0.326 e. The maximum Gasteiger partial charge on any atom is 0.326 e. The number of hydrogen-bond acceptors (Lipinski definition) is 12. The molecule has 4 amide bonds. The number of carbonyl (C=O) groups is 6. The molecule has 0 aromatic heterocycles. The van der Waals surface area contributed by atoms with Crippen molar-refractivity contribution < 1.29 is 51.8 Å². The zero-order valence-electron chi connectivity index (χ0n) is 39.3. The lowest BCUT2D eigenvalue weighted by Crippen LogP contribution is -2.60. The van der Waals surface area contributed by atoms with Crippen molar-refractivity contribution in [1.82, 2.24) is 25.6 Å². The molecule has 1 aliphatic rings. The molecule has 1 aliphatic heterocycles. The van der Waals surface area contributed by atoms with Gasteiger partial charge in [0.15, 0.2) is 0 Å². The molecule has 0 spiro atoms. The summed E-state index contributed by atoms with van der Waals surface area (Å²) in [6, 6.07) is 12.0. The van der Waals surface area contributed by atoms with Gasteiger partial charge >= 0.3 is 11.9 Å². The van der Waals surface area contributed by atoms with Gasteiger partial charge in [-0.2, -0.15) is 0 Å². The maximum atomic E-state index is 14.4. The number of benzene rings is 3. The molecule has 20 heteroatoms. The van der Waals surface area contributed by atoms with Crippen molar-refractivity contribution in [3.05, 3.63) is 94.0 Å². The summed E-state index contributed by atoms with van der Waals surface area (Å²) in [5.41, 5.74) is 14.9. The highest BCUT2D eigenvalue weighted by atomic mass is 32.2. The van der Waals surface area contributed by atoms with E-state index in [1.807, 2.05) is 13.8 Å². The predicted molar refractivity (Wildman–Crippen MR) is 250 cm³/mol. The second-order valence-electron chi connectivity index (χ2n) is 17.5. The number of nitrogens with two attached hydrogens (primary N) is 2. The van der Waals surface area contributed by atoms with E-state index in [0.717, 1.165) is 10.5 Å². The highest BCUT2D eigenvalue weighted by Crippen LogP contribution is 2.43. The number of guanidine groups is 1. The highest BCUT2D eigenvalue weighted by molar-refractivity contribution is 7.90. The van der Waals surface area contributed by atoms with Crippen molar-refractivity contribution in [2.75, 3.05) is 20.1 Å². The van der Waals surface area contributed by atoms with Crippen LogP contribution in [-0.2, 0) is 63.0 Å². The first-order valence-electron chi connectivity index (χ1n) is 21.9. The van der Waals surface area contributed by atoms with Crippen LogP contribution in [0, 0.1) is 26.7 Å². The summed E-state index contributed by atoms with van der Waals surface area (Å²) in [4.78, 5) is 85.1. The number of ether oxygens (including phenoxy) is 2. The van der Waals surface area contributed by atoms with Crippen LogP contribution in [0.1, 0.15) is 80.3 Å². The van der Waals surface area contributed by atoms with E-state index in [0.29, 0.717) is 40.0 Å². The van der Waals surface area contributed by atoms with Crippen LogP contribution in [0.2, 0.25) is 0 Å². The first kappa shape index (κ1) is 53.1. The zero-order chi connectivity index (χ0) is 49.8. The molecule has 364 valence electrons. The number of rotatable bonds is 22. The molecule has 67 heavy (non-hydrogen) atoms. The molecule has 0 bridgehead atoms. The number of carboxylic acid groups (broad SMARTS) is 1. The molecule has 0 radical (unpaired) electrons. The number of amides is 4. The maximum absolute atomic E-state index is 14.4. The molecule has 19 nitrogen and oxygen atoms in total. The third kappa shape index (κ3) is 14.5. The summed E-state index contributed by atoms with van der Waals surface area (Å²) in [5, 5.41) is 17.7. The van der Waals surface area contributed by atoms with E-state index < -0.39 is 100 Å². The average molecular weight is 949 g/mol. The highest BCUT2D eigenvalue weighted by Gasteiger charge is 2.39. The Morgan fingerprint density at radius 2 is 1.46 bits per heavy atom. The normalized spacial score (nSPS) is 14.9. The van der Waals surface area contributed by atoms with Gasteiger partial charge in [-0.25, -0.2) is 17.9 Å². The Morgan fingerprint density at radius 3 is 2.04 bits per heavy atom. The van der Waals surface area contributed by atoms with Crippen molar-refractivity contribution in [2.45, 2.75) is 122 Å². The van der Waals surface area contributed by atoms with E-state index in [1.54, 1.807) is 95.3 Å². The minimum atomic E-state index is -4.18. The SMILES string of the molecule is Cc1c(C)c(S(=O)(=O)NC(N)=NCCC[C@H](NC(=O)[C@H](C(C)C)N(C)C(=O)[C@@H](Cc2ccccc2)NC(=O)[C@H](CC(=O)OCc2ccccc2)NC(=O)CN)C(=O)O)c(C)c2c1OC(C)(C)C2. The van der Waals surface area contributed by atoms with Gasteiger partial charge in [0.1, 0.15) is 42.1 Å². The van der Waals surface area contributed by atoms with Crippen molar-refractivity contribution in [3.63, 3.8) is 0 Å². The lowest BCUT2D eigenvalue weighted by Gasteiger charge is -2.34. The molecule has 9 N–H and O–H groups in total. The second kappa shape index (κ2) is 23.3. The summed E-state index contributed by atoms with van der Waals surface area (Å²) in [6.07, 6.45) is -0.195. The van der Waals surface area contributed by atoms with E-state index in [2.05, 4.69) is 25.7 Å². The monoisotopic (exact) mass is 948 g/mol. The molecule has 0 saturated heterocycles. The number of aliphatic imine (C=N–C) groups is 1. The Morgan fingerprint density at radius 1 is 0.866 bits per heavy atom. The van der Waals surface area contributed by atoms with E-state index in [-0.39, 0.29) is 37.3 Å². The third-order valence-corrected chi connectivity index (χ3v) is 13.0. The average Bonchev–Trinajstić information content (AvgIpc) is 3.60. The summed E-state index contributed by atoms with van der Waals surface area (Å²) in [6.45, 7) is 11.7. The number of nitrogens with zero attached hydrogens (tertiary/aromatic N) is 2. The Balaban J connectivity index is 1.45. The first-order chi connectivity index (χ1) is 31.5. The summed E-state index contributed by atoms with van der Waals surface area (Å²) >= 11 is 0. The number of likely N-dealkylation sites (N-methyl/N-ethyl adjacent to an activating group) is 1. The fourth-order valence-corrected chi connectivity index (χ4v) is 9.46. The molecular formula is C47H64N8O11S. The van der Waals surface area contributed by atoms with Gasteiger partial charge in [-0.1, -0.05) is 74.5 Å². The Bertz CT molecular complexity index is 2430. The predicted octanol–water partition coefficient (Wildman–Crippen LogP) is 2.06. The number of carboxylic acids is 1. The molecular weight excluding hydrogens is 885 g/mol. The standard InChI is InChI=1S/C47H64N8O11S/c1-27(2)39(43(59)52-34(45(61)62)20-15-21-50-46(49)54-67(63,64)41-29(4)28(3)40-33(30(41)5)24-47(6,7)66-40)55(8)44(60)36(22-31-16-11-9-12-17-31)53-42(58)35(51-37(56)25-48)23-38(57)65-26-32-18-13-10-14-19-32/h9-14,16-19,27,34-36,39H,15,20-26,48H2,1-8H3,(H,51,56)(H,52,59)(H,53,58)(H,61,62)(H3,49,50,54)/t34-,35-,36+,39-/m0/s1. The minimum absolute atomic E-state index is 0.0603. The van der Waals surface area contributed by atoms with Gasteiger partial charge in [-0.15, -0.1) is 0 Å². The third-order valence-electron chi connectivity index (χ3n) is 11.4. The molecule has 0 saturated carbocycles. The first-order valence-corrected chi connectivity index (χ1v) is 23.4. The molecule has 1 heterocycles. The van der Waals surface area contributed by atoms with Crippen LogP contribution in [0.3, 0.4) is 0 Å². The number of nitrogens with one attached hydrogen (secondary N) is 4. The molecule has 4 rings (SSSR count). The van der Waals surface area contributed by atoms with Crippen molar-refractivity contribution in [3.8, 4) is 5.75 Å². The Labute approximate surface area is 391 Å². The van der Waals surface area contributed by atoms with Crippen LogP contribution >= 0.6 is 0 Å². The molecule has 3 aromatic carbocycles. The van der Waals surface area contributed by atoms with Gasteiger partial charge in [0.2, 0.25) is 29.6 Å². The van der Waals surface area contributed by atoms with Crippen molar-refractivity contribution >= 4 is 51.6 Å². The second-order valence-corrected chi connectivity index (χ2v) is 19.1. The number of hydrogen-bond donors (Lipinski definition) is 7. The Kier molecular flexibility index (Phi) is 18.4. The topological polar surface area (TPSA) is 291 Å². The van der Waals surface area contributed by atoms with E-state index in [4.69, 9.17) is 20.9 Å². The van der Waals surface area contributed by atoms with Gasteiger partial charge in [-0.05, 0) is 81.2 Å². The molecule has 0 unspecified atom stereocenters. The largest absolute Gasteiger partial charge is 0.487 e. The number of fused-ring (bicyclic) bond motifs is 1. The Hall–Kier alpha value is -6.54. The number of sulfonamides is 1. The molecule has 3 aromatic rings. The van der Waals surface area contributed by atoms with Crippen molar-refractivity contribution in [2.24, 2.45) is 22.4 Å². The fourth-order valence-electron chi connectivity index (χ4n) is 7.94. The lowest BCUT2D eigenvalue weighted by atomic mass is 9.94. The lowest BCUT2D eigenvalue weighted by molar-refractivity contribution is -0.148. The fraction of sp³-hybridized carbons (Fsp3) is 0.468. The summed E-state index contributed by atoms with van der Waals surface area (Å²) in [7, 11) is -2.83. The zero-order valence-corrected chi connectivity index (χ0v) is 40.1. The van der Waals surface area contributed by atoms with Crippen LogP contribution in [0.5, 0.6) is 5.75 Å². The molecule has 0 aliphatic carbocycles. The number of aliphatic carboxylic acids is 1. The van der Waals surface area contributed by atoms with Gasteiger partial charge in [-0.3, -0.25) is 29.0 Å². The van der Waals surface area contributed by atoms with Gasteiger partial charge in [0.25, 0.3) is 10.0 Å². The van der Waals surface area contributed by atoms with Crippen molar-refractivity contribution in [1.29, 1.82) is 0 Å². The van der Waals surface area contributed by atoms with E-state index in [9.17, 15) is 42.3 Å². The molecule has 4 atom stereocenters. The van der Waals surface area contributed by atoms with Gasteiger partial charge in [0, 0.05) is 32.0 Å². The van der Waals surface area contributed by atoms with E-state index in [1.165, 1.54) is 7.05 Å². The van der Waals surface area contributed by atoms with Gasteiger partial charge in [0.05, 0.1) is 17.9 Å². The summed E-state index contributed by atoms with van der Waals surface area (Å²) in [5.74, 6) is -5.62. The van der Waals surface area contributed by atoms with Crippen LogP contribution in [-0.4, -0.2) is 110 Å². The summed E-state index contributed by atoms with van der Waals surface area (Å²) < 4.78 is 41.0. The quantitative estimate of drug-likeness (QED) is 0.0329. The number of esters is 1.